The maximum Gasteiger partial charge on any atom is 0.439 e. The van der Waals surface area contributed by atoms with Crippen LogP contribution in [0, 0.1) is 0 Å². The lowest BCUT2D eigenvalue weighted by atomic mass is 10.0. The van der Waals surface area contributed by atoms with Crippen molar-refractivity contribution in [2.75, 3.05) is 0 Å². The Morgan fingerprint density at radius 1 is 0.974 bits per heavy atom. The van der Waals surface area contributed by atoms with Crippen molar-refractivity contribution in [2.45, 2.75) is 18.9 Å². The average Bonchev–Trinajstić information content (AvgIpc) is 3.76. The fourth-order valence-electron chi connectivity index (χ4n) is 5.03. The molecule has 6 aromatic rings. The molecular formula is C26H18ClN9O3. The minimum absolute atomic E-state index is 0.128. The quantitative estimate of drug-likeness (QED) is 0.338. The van der Waals surface area contributed by atoms with Gasteiger partial charge in [-0.2, -0.15) is 4.68 Å². The topological polar surface area (TPSA) is 153 Å². The minimum atomic E-state index is -0.605. The third-order valence-electron chi connectivity index (χ3n) is 6.82. The first kappa shape index (κ1) is 23.0. The molecule has 4 aromatic heterocycles. The highest BCUT2D eigenvalue weighted by molar-refractivity contribution is 6.31. The number of halogens is 1. The number of fused-ring (bicyclic) bond motifs is 1. The van der Waals surface area contributed by atoms with Crippen LogP contribution in [0.5, 0.6) is 0 Å². The molecule has 1 aliphatic heterocycles. The number of aromatic amines is 2. The van der Waals surface area contributed by atoms with Gasteiger partial charge in [-0.05, 0) is 58.7 Å². The van der Waals surface area contributed by atoms with Crippen LogP contribution in [0.25, 0.3) is 39.5 Å². The van der Waals surface area contributed by atoms with Crippen LogP contribution in [0.1, 0.15) is 24.0 Å². The number of hydrogen-bond donors (Lipinski definition) is 2. The predicted octanol–water partition coefficient (Wildman–Crippen LogP) is 3.41. The number of nitrogens with zero attached hydrogens (tertiary/aromatic N) is 7. The van der Waals surface area contributed by atoms with Gasteiger partial charge >= 0.3 is 5.76 Å². The normalized spacial score (nSPS) is 14.5. The van der Waals surface area contributed by atoms with E-state index in [2.05, 4.69) is 40.2 Å². The Morgan fingerprint density at radius 2 is 1.82 bits per heavy atom. The van der Waals surface area contributed by atoms with Gasteiger partial charge in [-0.3, -0.25) is 14.3 Å². The number of nitrogens with one attached hydrogen (secondary N) is 2. The second kappa shape index (κ2) is 9.03. The molecule has 0 aliphatic carbocycles. The van der Waals surface area contributed by atoms with E-state index in [-0.39, 0.29) is 11.6 Å². The average molecular weight is 540 g/mol. The summed E-state index contributed by atoms with van der Waals surface area (Å²) in [6.07, 6.45) is 4.71. The van der Waals surface area contributed by atoms with E-state index >= 15 is 0 Å². The van der Waals surface area contributed by atoms with Crippen LogP contribution in [-0.2, 0) is 6.42 Å². The van der Waals surface area contributed by atoms with Gasteiger partial charge in [0.15, 0.2) is 5.82 Å². The second-order valence-corrected chi connectivity index (χ2v) is 9.55. The molecule has 2 N–H and O–H groups in total. The Balaban J connectivity index is 1.20. The Bertz CT molecular complexity index is 1930. The largest absolute Gasteiger partial charge is 0.439 e. The molecule has 0 saturated carbocycles. The Kier molecular flexibility index (Phi) is 5.33. The summed E-state index contributed by atoms with van der Waals surface area (Å²) in [5.41, 5.74) is 5.45. The summed E-state index contributed by atoms with van der Waals surface area (Å²) >= 11 is 6.30. The highest BCUT2D eigenvalue weighted by Gasteiger charge is 2.28. The molecule has 1 atom stereocenters. The van der Waals surface area contributed by atoms with E-state index in [4.69, 9.17) is 11.6 Å². The van der Waals surface area contributed by atoms with Crippen LogP contribution in [-0.4, -0.2) is 44.9 Å². The summed E-state index contributed by atoms with van der Waals surface area (Å²) in [6, 6.07) is 16.3. The predicted molar refractivity (Wildman–Crippen MR) is 140 cm³/mol. The summed E-state index contributed by atoms with van der Waals surface area (Å²) in [7, 11) is 0. The van der Waals surface area contributed by atoms with Crippen molar-refractivity contribution in [1.82, 2.24) is 44.9 Å². The molecule has 0 amide bonds. The van der Waals surface area contributed by atoms with E-state index in [9.17, 15) is 9.59 Å². The maximum atomic E-state index is 13.4. The first-order valence-corrected chi connectivity index (χ1v) is 12.4. The molecule has 0 saturated heterocycles. The van der Waals surface area contributed by atoms with Gasteiger partial charge in [0.2, 0.25) is 0 Å². The van der Waals surface area contributed by atoms with Gasteiger partial charge in [0, 0.05) is 27.9 Å². The minimum Gasteiger partial charge on any atom is -0.340 e. The van der Waals surface area contributed by atoms with E-state index in [0.717, 1.165) is 52.2 Å². The first-order valence-electron chi connectivity index (χ1n) is 12.0. The lowest BCUT2D eigenvalue weighted by Gasteiger charge is -2.15. The van der Waals surface area contributed by atoms with Crippen molar-refractivity contribution < 1.29 is 4.52 Å². The highest BCUT2D eigenvalue weighted by Crippen LogP contribution is 2.34. The van der Waals surface area contributed by atoms with Crippen molar-refractivity contribution in [1.29, 1.82) is 0 Å². The monoisotopic (exact) mass is 539 g/mol. The van der Waals surface area contributed by atoms with Gasteiger partial charge in [0.05, 0.1) is 23.6 Å². The SMILES string of the molecule is O=c1[nH]c(-c2ccc(-c3cnc([C@@H]4CCc5cc(-c6cc(Cl)ccc6-n6cnnn6)cc(=O)n54)[nH]3)cc2)no1. The molecule has 1 aliphatic rings. The van der Waals surface area contributed by atoms with Gasteiger partial charge in [-0.15, -0.1) is 5.10 Å². The molecule has 13 heteroatoms. The standard InChI is InChI=1S/C26H18ClN9O3/c27-17-5-7-21(35-13-29-33-34-35)19(11-17)16-9-18-6-8-22(36(18)23(37)10-16)25-28-12-20(30-25)14-1-3-15(4-2-14)24-31-26(38)39-32-24/h1-5,7,9-13,22H,6,8H2,(H,28,30)(H,31,32,38)/t22-/m0/s1. The molecule has 12 nitrogen and oxygen atoms in total. The molecule has 5 heterocycles. The van der Waals surface area contributed by atoms with Crippen molar-refractivity contribution in [3.05, 3.63) is 105 Å². The van der Waals surface area contributed by atoms with E-state index in [1.165, 1.54) is 6.33 Å². The summed E-state index contributed by atoms with van der Waals surface area (Å²) < 4.78 is 7.90. The first-order chi connectivity index (χ1) is 19.0. The second-order valence-electron chi connectivity index (χ2n) is 9.12. The van der Waals surface area contributed by atoms with E-state index in [1.807, 2.05) is 36.4 Å². The van der Waals surface area contributed by atoms with Crippen LogP contribution in [0.2, 0.25) is 5.02 Å². The molecular weight excluding hydrogens is 522 g/mol. The van der Waals surface area contributed by atoms with Crippen molar-refractivity contribution >= 4 is 11.6 Å². The number of imidazole rings is 1. The smallest absolute Gasteiger partial charge is 0.340 e. The lowest BCUT2D eigenvalue weighted by molar-refractivity contribution is 0.388. The van der Waals surface area contributed by atoms with Crippen LogP contribution < -0.4 is 11.3 Å². The van der Waals surface area contributed by atoms with E-state index in [1.54, 1.807) is 33.6 Å². The number of benzene rings is 2. The number of aryl methyl sites for hydroxylation is 1. The number of H-pyrrole nitrogens is 2. The molecule has 2 aromatic carbocycles. The zero-order valence-corrected chi connectivity index (χ0v) is 20.8. The zero-order valence-electron chi connectivity index (χ0n) is 20.1. The van der Waals surface area contributed by atoms with Gasteiger partial charge in [-0.1, -0.05) is 41.0 Å². The third-order valence-corrected chi connectivity index (χ3v) is 7.05. The Labute approximate surface area is 223 Å². The summed E-state index contributed by atoms with van der Waals surface area (Å²) in [5.74, 6) is 0.466. The molecule has 0 unspecified atom stereocenters. The molecule has 39 heavy (non-hydrogen) atoms. The molecule has 192 valence electrons. The summed E-state index contributed by atoms with van der Waals surface area (Å²) in [4.78, 5) is 35.2. The molecule has 0 bridgehead atoms. The Hall–Kier alpha value is -5.10. The van der Waals surface area contributed by atoms with Crippen molar-refractivity contribution in [3.8, 4) is 39.5 Å². The fourth-order valence-corrected chi connectivity index (χ4v) is 5.21. The molecule has 0 spiro atoms. The van der Waals surface area contributed by atoms with Gasteiger partial charge in [-0.25, -0.2) is 9.78 Å². The Morgan fingerprint density at radius 3 is 2.59 bits per heavy atom. The molecule has 7 rings (SSSR count). The van der Waals surface area contributed by atoms with E-state index in [0.29, 0.717) is 16.7 Å². The summed E-state index contributed by atoms with van der Waals surface area (Å²) in [5, 5.41) is 15.7. The van der Waals surface area contributed by atoms with Crippen molar-refractivity contribution in [3.63, 3.8) is 0 Å². The number of aromatic nitrogens is 9. The van der Waals surface area contributed by atoms with Crippen LogP contribution in [0.15, 0.2) is 81.2 Å². The van der Waals surface area contributed by atoms with Crippen LogP contribution in [0.4, 0.5) is 0 Å². The number of hydrogen-bond acceptors (Lipinski definition) is 8. The molecule has 0 radical (unpaired) electrons. The lowest BCUT2D eigenvalue weighted by Crippen LogP contribution is -2.23. The van der Waals surface area contributed by atoms with Gasteiger partial charge in [0.25, 0.3) is 5.56 Å². The third kappa shape index (κ3) is 4.07. The summed E-state index contributed by atoms with van der Waals surface area (Å²) in [6.45, 7) is 0. The van der Waals surface area contributed by atoms with Crippen molar-refractivity contribution in [2.24, 2.45) is 0 Å². The maximum absolute atomic E-state index is 13.4. The molecule has 0 fully saturated rings. The number of tetrazole rings is 1. The number of rotatable bonds is 5. The van der Waals surface area contributed by atoms with Gasteiger partial charge in [0.1, 0.15) is 12.2 Å². The highest BCUT2D eigenvalue weighted by atomic mass is 35.5. The zero-order chi connectivity index (χ0) is 26.5. The van der Waals surface area contributed by atoms with Gasteiger partial charge < -0.3 is 9.55 Å². The fraction of sp³-hybridized carbons (Fsp3) is 0.115. The van der Waals surface area contributed by atoms with Crippen LogP contribution >= 0.6 is 11.6 Å². The number of pyridine rings is 1. The van der Waals surface area contributed by atoms with E-state index < -0.39 is 5.76 Å². The van der Waals surface area contributed by atoms with Crippen LogP contribution in [0.3, 0.4) is 0 Å².